The highest BCUT2D eigenvalue weighted by Gasteiger charge is 2.27. The lowest BCUT2D eigenvalue weighted by Crippen LogP contribution is -2.27. The highest BCUT2D eigenvalue weighted by molar-refractivity contribution is 5.47. The summed E-state index contributed by atoms with van der Waals surface area (Å²) in [5.74, 6) is 1.62. The van der Waals surface area contributed by atoms with Gasteiger partial charge in [-0.2, -0.15) is 0 Å². The van der Waals surface area contributed by atoms with Crippen LogP contribution in [0, 0.1) is 0 Å². The Kier molecular flexibility index (Phi) is 2.48. The lowest BCUT2D eigenvalue weighted by Gasteiger charge is -2.26. The second kappa shape index (κ2) is 3.98. The first-order chi connectivity index (χ1) is 7.84. The fourth-order valence-corrected chi connectivity index (χ4v) is 2.32. The molecular formula is C13H17NO2. The van der Waals surface area contributed by atoms with Gasteiger partial charge in [0.15, 0.2) is 0 Å². The zero-order valence-electron chi connectivity index (χ0n) is 9.28. The molecule has 0 radical (unpaired) electrons. The van der Waals surface area contributed by atoms with Crippen molar-refractivity contribution in [1.82, 2.24) is 5.32 Å². The fourth-order valence-electron chi connectivity index (χ4n) is 2.32. The van der Waals surface area contributed by atoms with Crippen molar-refractivity contribution in [1.29, 1.82) is 0 Å². The van der Waals surface area contributed by atoms with E-state index in [2.05, 4.69) is 5.32 Å². The molecule has 2 aliphatic rings. The average molecular weight is 219 g/mol. The number of ether oxygens (including phenoxy) is 1. The Morgan fingerprint density at radius 2 is 2.19 bits per heavy atom. The van der Waals surface area contributed by atoms with Gasteiger partial charge in [0.25, 0.3) is 0 Å². The van der Waals surface area contributed by atoms with Gasteiger partial charge >= 0.3 is 0 Å². The summed E-state index contributed by atoms with van der Waals surface area (Å²) in [6, 6.07) is 6.25. The van der Waals surface area contributed by atoms with Gasteiger partial charge in [-0.05, 0) is 31.4 Å². The van der Waals surface area contributed by atoms with Crippen molar-refractivity contribution >= 4 is 0 Å². The Morgan fingerprint density at radius 1 is 1.31 bits per heavy atom. The third-order valence-electron chi connectivity index (χ3n) is 3.41. The van der Waals surface area contributed by atoms with E-state index in [-0.39, 0.29) is 0 Å². The zero-order chi connectivity index (χ0) is 11.0. The Labute approximate surface area is 95.4 Å². The van der Waals surface area contributed by atoms with Gasteiger partial charge in [-0.3, -0.25) is 0 Å². The van der Waals surface area contributed by atoms with Gasteiger partial charge in [-0.25, -0.2) is 0 Å². The normalized spacial score (nSPS) is 23.6. The second-order valence-corrected chi connectivity index (χ2v) is 4.71. The minimum absolute atomic E-state index is 0.375. The topological polar surface area (TPSA) is 41.5 Å². The molecule has 1 fully saturated rings. The number of benzene rings is 1. The molecule has 2 N–H and O–H groups in total. The van der Waals surface area contributed by atoms with Crippen molar-refractivity contribution in [2.75, 3.05) is 13.2 Å². The Balaban J connectivity index is 1.80. The predicted molar refractivity (Wildman–Crippen MR) is 62.0 cm³/mol. The number of rotatable bonds is 3. The van der Waals surface area contributed by atoms with Crippen LogP contribution in [-0.4, -0.2) is 24.3 Å². The van der Waals surface area contributed by atoms with Crippen molar-refractivity contribution in [3.63, 3.8) is 0 Å². The molecule has 0 amide bonds. The van der Waals surface area contributed by atoms with Gasteiger partial charge in [0.2, 0.25) is 0 Å². The number of hydrogen-bond donors (Lipinski definition) is 2. The van der Waals surface area contributed by atoms with E-state index in [0.717, 1.165) is 36.9 Å². The van der Waals surface area contributed by atoms with Crippen molar-refractivity contribution in [3.05, 3.63) is 23.8 Å². The van der Waals surface area contributed by atoms with E-state index in [4.69, 9.17) is 4.74 Å². The van der Waals surface area contributed by atoms with E-state index in [1.807, 2.05) is 12.1 Å². The maximum absolute atomic E-state index is 9.90. The van der Waals surface area contributed by atoms with Gasteiger partial charge in [0, 0.05) is 24.1 Å². The minimum Gasteiger partial charge on any atom is -0.508 e. The van der Waals surface area contributed by atoms with Crippen molar-refractivity contribution in [3.8, 4) is 11.5 Å². The minimum atomic E-state index is 0.375. The van der Waals surface area contributed by atoms with Gasteiger partial charge in [0.05, 0.1) is 6.61 Å². The van der Waals surface area contributed by atoms with Crippen LogP contribution in [0.25, 0.3) is 0 Å². The van der Waals surface area contributed by atoms with Gasteiger partial charge in [-0.15, -0.1) is 0 Å². The van der Waals surface area contributed by atoms with Crippen LogP contribution in [0.2, 0.25) is 0 Å². The van der Waals surface area contributed by atoms with E-state index in [1.165, 1.54) is 12.8 Å². The molecule has 3 nitrogen and oxygen atoms in total. The summed E-state index contributed by atoms with van der Waals surface area (Å²) in [7, 11) is 0. The lowest BCUT2D eigenvalue weighted by atomic mass is 9.92. The number of aromatic hydroxyl groups is 1. The van der Waals surface area contributed by atoms with Crippen LogP contribution in [0.5, 0.6) is 11.5 Å². The summed E-state index contributed by atoms with van der Waals surface area (Å²) in [5, 5.41) is 13.4. The highest BCUT2D eigenvalue weighted by Crippen LogP contribution is 2.39. The van der Waals surface area contributed by atoms with Crippen molar-refractivity contribution in [2.45, 2.75) is 31.2 Å². The van der Waals surface area contributed by atoms with Crippen LogP contribution in [0.4, 0.5) is 0 Å². The fraction of sp³-hybridized carbons (Fsp3) is 0.538. The summed E-state index contributed by atoms with van der Waals surface area (Å²) in [6.45, 7) is 1.71. The summed E-state index contributed by atoms with van der Waals surface area (Å²) in [5.41, 5.74) is 0.988. The number of fused-ring (bicyclic) bond motifs is 1. The molecule has 3 heteroatoms. The van der Waals surface area contributed by atoms with Crippen molar-refractivity contribution in [2.24, 2.45) is 0 Å². The molecule has 16 heavy (non-hydrogen) atoms. The molecule has 1 aliphatic carbocycles. The largest absolute Gasteiger partial charge is 0.508 e. The maximum Gasteiger partial charge on any atom is 0.126 e. The molecule has 1 aromatic rings. The molecule has 1 unspecified atom stereocenters. The molecule has 1 aliphatic heterocycles. The number of phenols is 1. The SMILES string of the molecule is Oc1cccc2c1C(CNC1CC1)CCO2. The molecule has 0 saturated heterocycles. The van der Waals surface area contributed by atoms with Crippen LogP contribution in [0.3, 0.4) is 0 Å². The van der Waals surface area contributed by atoms with Gasteiger partial charge in [0.1, 0.15) is 11.5 Å². The molecule has 3 rings (SSSR count). The van der Waals surface area contributed by atoms with Crippen LogP contribution < -0.4 is 10.1 Å². The predicted octanol–water partition coefficient (Wildman–Crippen LogP) is 2.01. The second-order valence-electron chi connectivity index (χ2n) is 4.71. The molecular weight excluding hydrogens is 202 g/mol. The molecule has 0 aromatic heterocycles. The molecule has 0 spiro atoms. The first-order valence-corrected chi connectivity index (χ1v) is 6.02. The summed E-state index contributed by atoms with van der Waals surface area (Å²) < 4.78 is 5.57. The molecule has 86 valence electrons. The average Bonchev–Trinajstić information content (AvgIpc) is 3.10. The third kappa shape index (κ3) is 1.87. The number of nitrogens with one attached hydrogen (secondary N) is 1. The summed E-state index contributed by atoms with van der Waals surface area (Å²) in [6.07, 6.45) is 3.60. The molecule has 1 saturated carbocycles. The third-order valence-corrected chi connectivity index (χ3v) is 3.41. The van der Waals surface area contributed by atoms with Crippen molar-refractivity contribution < 1.29 is 9.84 Å². The first-order valence-electron chi connectivity index (χ1n) is 6.02. The molecule has 0 bridgehead atoms. The number of hydrogen-bond acceptors (Lipinski definition) is 3. The van der Waals surface area contributed by atoms with Crippen LogP contribution in [0.15, 0.2) is 18.2 Å². The monoisotopic (exact) mass is 219 g/mol. The first kappa shape index (κ1) is 9.97. The van der Waals surface area contributed by atoms with Crippen LogP contribution >= 0.6 is 0 Å². The van der Waals surface area contributed by atoms with Crippen LogP contribution in [0.1, 0.15) is 30.7 Å². The van der Waals surface area contributed by atoms with Gasteiger partial charge < -0.3 is 15.2 Å². The smallest absolute Gasteiger partial charge is 0.126 e. The van der Waals surface area contributed by atoms with E-state index < -0.39 is 0 Å². The summed E-state index contributed by atoms with van der Waals surface area (Å²) >= 11 is 0. The molecule has 1 aromatic carbocycles. The Morgan fingerprint density at radius 3 is 3.00 bits per heavy atom. The van der Waals surface area contributed by atoms with Crippen LogP contribution in [-0.2, 0) is 0 Å². The Hall–Kier alpha value is -1.22. The Bertz CT molecular complexity index is 388. The lowest BCUT2D eigenvalue weighted by molar-refractivity contribution is 0.259. The van der Waals surface area contributed by atoms with E-state index in [1.54, 1.807) is 6.07 Å². The van der Waals surface area contributed by atoms with E-state index >= 15 is 0 Å². The standard InChI is InChI=1S/C13H17NO2/c15-11-2-1-3-12-13(11)9(6-7-16-12)8-14-10-4-5-10/h1-3,9-10,14-15H,4-8H2. The zero-order valence-corrected chi connectivity index (χ0v) is 9.28. The molecule has 1 atom stereocenters. The molecule has 1 heterocycles. The number of phenolic OH excluding ortho intramolecular Hbond substituents is 1. The quantitative estimate of drug-likeness (QED) is 0.817. The van der Waals surface area contributed by atoms with Gasteiger partial charge in [-0.1, -0.05) is 6.07 Å². The summed E-state index contributed by atoms with van der Waals surface area (Å²) in [4.78, 5) is 0. The highest BCUT2D eigenvalue weighted by atomic mass is 16.5. The van der Waals surface area contributed by atoms with E-state index in [0.29, 0.717) is 11.7 Å². The maximum atomic E-state index is 9.90. The van der Waals surface area contributed by atoms with E-state index in [9.17, 15) is 5.11 Å².